The van der Waals surface area contributed by atoms with Gasteiger partial charge in [0, 0.05) is 35.4 Å². The van der Waals surface area contributed by atoms with Gasteiger partial charge < -0.3 is 9.09 Å². The third kappa shape index (κ3) is 3.33. The molecule has 0 spiro atoms. The number of thiophene rings is 1. The number of nitrogens with zero attached hydrogens (tertiary/aromatic N) is 6. The molecule has 0 amide bonds. The molecule has 0 saturated heterocycles. The highest BCUT2D eigenvalue weighted by Crippen LogP contribution is 2.26. The van der Waals surface area contributed by atoms with E-state index >= 15 is 0 Å². The molecule has 4 heterocycles. The summed E-state index contributed by atoms with van der Waals surface area (Å²) in [4.78, 5) is 8.61. The van der Waals surface area contributed by atoms with Crippen molar-refractivity contribution in [2.24, 2.45) is 7.05 Å². The third-order valence-corrected chi connectivity index (χ3v) is 5.26. The minimum Gasteiger partial charge on any atom is -0.334 e. The van der Waals surface area contributed by atoms with Crippen LogP contribution in [0.4, 0.5) is 0 Å². The zero-order chi connectivity index (χ0) is 17.2. The van der Waals surface area contributed by atoms with Crippen LogP contribution in [0.2, 0.25) is 0 Å². The van der Waals surface area contributed by atoms with E-state index in [2.05, 4.69) is 30.7 Å². The molecule has 4 aromatic heterocycles. The Morgan fingerprint density at radius 2 is 2.16 bits per heavy atom. The number of thioether (sulfide) groups is 1. The zero-order valence-electron chi connectivity index (χ0n) is 13.6. The van der Waals surface area contributed by atoms with Gasteiger partial charge in [-0.05, 0) is 30.5 Å². The summed E-state index contributed by atoms with van der Waals surface area (Å²) >= 11 is 3.16. The number of aromatic nitrogens is 6. The molecule has 25 heavy (non-hydrogen) atoms. The Morgan fingerprint density at radius 1 is 1.24 bits per heavy atom. The first-order valence-electron chi connectivity index (χ1n) is 7.51. The highest BCUT2D eigenvalue weighted by Gasteiger charge is 2.14. The SMILES string of the molecule is Cc1cc(-c2nc(CSc3nnc(-c4ccsc4)n3C)no2)ccn1. The second kappa shape index (κ2) is 6.77. The fourth-order valence-corrected chi connectivity index (χ4v) is 3.71. The molecule has 0 fully saturated rings. The van der Waals surface area contributed by atoms with Crippen LogP contribution in [0, 0.1) is 6.92 Å². The molecule has 126 valence electrons. The Hall–Kier alpha value is -2.52. The predicted octanol–water partition coefficient (Wildman–Crippen LogP) is 3.59. The van der Waals surface area contributed by atoms with Crippen LogP contribution in [-0.4, -0.2) is 29.9 Å². The summed E-state index contributed by atoms with van der Waals surface area (Å²) in [6.45, 7) is 1.93. The van der Waals surface area contributed by atoms with Crippen LogP contribution in [0.1, 0.15) is 11.5 Å². The number of hydrogen-bond donors (Lipinski definition) is 0. The lowest BCUT2D eigenvalue weighted by Crippen LogP contribution is -1.94. The normalized spacial score (nSPS) is 11.1. The predicted molar refractivity (Wildman–Crippen MR) is 96.1 cm³/mol. The van der Waals surface area contributed by atoms with Crippen molar-refractivity contribution in [3.05, 3.63) is 46.7 Å². The fourth-order valence-electron chi connectivity index (χ4n) is 2.32. The molecule has 0 aliphatic heterocycles. The second-order valence-corrected chi connectivity index (χ2v) is 7.09. The zero-order valence-corrected chi connectivity index (χ0v) is 15.2. The van der Waals surface area contributed by atoms with Crippen LogP contribution < -0.4 is 0 Å². The number of hydrogen-bond acceptors (Lipinski definition) is 8. The fraction of sp³-hybridized carbons (Fsp3) is 0.188. The maximum Gasteiger partial charge on any atom is 0.258 e. The number of pyridine rings is 1. The average Bonchev–Trinajstić information content (AvgIpc) is 3.34. The van der Waals surface area contributed by atoms with Crippen molar-refractivity contribution in [2.75, 3.05) is 0 Å². The molecule has 0 atom stereocenters. The molecule has 0 bridgehead atoms. The van der Waals surface area contributed by atoms with Gasteiger partial charge in [-0.15, -0.1) is 10.2 Å². The van der Waals surface area contributed by atoms with Gasteiger partial charge in [-0.2, -0.15) is 16.3 Å². The molecular weight excluding hydrogens is 356 g/mol. The Morgan fingerprint density at radius 3 is 2.96 bits per heavy atom. The molecule has 0 unspecified atom stereocenters. The summed E-state index contributed by atoms with van der Waals surface area (Å²) in [6, 6.07) is 5.80. The van der Waals surface area contributed by atoms with Gasteiger partial charge in [-0.3, -0.25) is 4.98 Å². The molecule has 0 aromatic carbocycles. The molecule has 9 heteroatoms. The summed E-state index contributed by atoms with van der Waals surface area (Å²) in [5.41, 5.74) is 2.85. The highest BCUT2D eigenvalue weighted by molar-refractivity contribution is 7.98. The largest absolute Gasteiger partial charge is 0.334 e. The van der Waals surface area contributed by atoms with Gasteiger partial charge in [-0.25, -0.2) is 0 Å². The van der Waals surface area contributed by atoms with Crippen molar-refractivity contribution in [3.8, 4) is 22.8 Å². The Balaban J connectivity index is 1.48. The van der Waals surface area contributed by atoms with E-state index in [4.69, 9.17) is 4.52 Å². The molecule has 0 aliphatic carbocycles. The van der Waals surface area contributed by atoms with Crippen molar-refractivity contribution < 1.29 is 4.52 Å². The Labute approximate surface area is 152 Å². The van der Waals surface area contributed by atoms with Crippen LogP contribution in [0.25, 0.3) is 22.8 Å². The van der Waals surface area contributed by atoms with E-state index in [9.17, 15) is 0 Å². The van der Waals surface area contributed by atoms with Crippen LogP contribution in [-0.2, 0) is 12.8 Å². The topological polar surface area (TPSA) is 82.5 Å². The summed E-state index contributed by atoms with van der Waals surface area (Å²) in [7, 11) is 1.96. The van der Waals surface area contributed by atoms with E-state index in [1.165, 1.54) is 11.8 Å². The van der Waals surface area contributed by atoms with Gasteiger partial charge in [0.2, 0.25) is 0 Å². The molecule has 0 radical (unpaired) electrons. The van der Waals surface area contributed by atoms with Gasteiger partial charge in [-0.1, -0.05) is 16.9 Å². The highest BCUT2D eigenvalue weighted by atomic mass is 32.2. The van der Waals surface area contributed by atoms with E-state index in [0.29, 0.717) is 17.5 Å². The van der Waals surface area contributed by atoms with Gasteiger partial charge in [0.15, 0.2) is 16.8 Å². The van der Waals surface area contributed by atoms with Gasteiger partial charge in [0.1, 0.15) is 0 Å². The maximum absolute atomic E-state index is 5.34. The van der Waals surface area contributed by atoms with Gasteiger partial charge >= 0.3 is 0 Å². The van der Waals surface area contributed by atoms with Gasteiger partial charge in [0.25, 0.3) is 5.89 Å². The molecule has 7 nitrogen and oxygen atoms in total. The first kappa shape index (κ1) is 16.0. The van der Waals surface area contributed by atoms with Crippen molar-refractivity contribution in [1.29, 1.82) is 0 Å². The number of rotatable bonds is 5. The Bertz CT molecular complexity index is 992. The summed E-state index contributed by atoms with van der Waals surface area (Å²) in [6.07, 6.45) is 1.73. The standard InChI is InChI=1S/C16H14N6OS2/c1-10-7-11(3-5-17-10)15-18-13(21-23-15)9-25-16-20-19-14(22(16)2)12-4-6-24-8-12/h3-8H,9H2,1-2H3. The summed E-state index contributed by atoms with van der Waals surface area (Å²) < 4.78 is 7.32. The van der Waals surface area contributed by atoms with E-state index < -0.39 is 0 Å². The third-order valence-electron chi connectivity index (χ3n) is 3.56. The lowest BCUT2D eigenvalue weighted by atomic mass is 10.2. The first-order valence-corrected chi connectivity index (χ1v) is 9.44. The monoisotopic (exact) mass is 370 g/mol. The minimum absolute atomic E-state index is 0.498. The van der Waals surface area contributed by atoms with Crippen molar-refractivity contribution in [2.45, 2.75) is 17.8 Å². The summed E-state index contributed by atoms with van der Waals surface area (Å²) in [5.74, 6) is 2.53. The average molecular weight is 370 g/mol. The van der Waals surface area contributed by atoms with E-state index in [1.54, 1.807) is 17.5 Å². The van der Waals surface area contributed by atoms with Crippen molar-refractivity contribution in [3.63, 3.8) is 0 Å². The van der Waals surface area contributed by atoms with Gasteiger partial charge in [0.05, 0.1) is 5.75 Å². The van der Waals surface area contributed by atoms with E-state index in [0.717, 1.165) is 27.8 Å². The lowest BCUT2D eigenvalue weighted by Gasteiger charge is -2.00. The minimum atomic E-state index is 0.498. The molecule has 4 aromatic rings. The van der Waals surface area contributed by atoms with Crippen LogP contribution >= 0.6 is 23.1 Å². The van der Waals surface area contributed by atoms with Crippen molar-refractivity contribution in [1.82, 2.24) is 29.9 Å². The first-order chi connectivity index (χ1) is 12.2. The summed E-state index contributed by atoms with van der Waals surface area (Å²) in [5, 5.41) is 17.4. The van der Waals surface area contributed by atoms with Crippen LogP contribution in [0.15, 0.2) is 44.8 Å². The molecule has 0 N–H and O–H groups in total. The van der Waals surface area contributed by atoms with Crippen LogP contribution in [0.3, 0.4) is 0 Å². The number of aryl methyl sites for hydroxylation is 1. The smallest absolute Gasteiger partial charge is 0.258 e. The van der Waals surface area contributed by atoms with Crippen molar-refractivity contribution >= 4 is 23.1 Å². The molecular formula is C16H14N6OS2. The molecule has 4 rings (SSSR count). The van der Waals surface area contributed by atoms with Crippen LogP contribution in [0.5, 0.6) is 0 Å². The quantitative estimate of drug-likeness (QED) is 0.496. The Kier molecular flexibility index (Phi) is 4.33. The molecule has 0 saturated carbocycles. The van der Waals surface area contributed by atoms with E-state index in [-0.39, 0.29) is 0 Å². The van der Waals surface area contributed by atoms with E-state index in [1.807, 2.05) is 42.1 Å². The maximum atomic E-state index is 5.34. The second-order valence-electron chi connectivity index (χ2n) is 5.37. The molecule has 0 aliphatic rings. The lowest BCUT2D eigenvalue weighted by molar-refractivity contribution is 0.425.